The van der Waals surface area contributed by atoms with Gasteiger partial charge in [0.1, 0.15) is 5.82 Å². The summed E-state index contributed by atoms with van der Waals surface area (Å²) in [5.74, 6) is -0.00351. The van der Waals surface area contributed by atoms with Gasteiger partial charge in [-0.15, -0.1) is 10.2 Å². The van der Waals surface area contributed by atoms with Crippen LogP contribution in [-0.4, -0.2) is 47.2 Å². The number of anilines is 1. The monoisotopic (exact) mass is 396 g/mol. The Hall–Kier alpha value is -2.99. The summed E-state index contributed by atoms with van der Waals surface area (Å²) in [4.78, 5) is 16.3. The van der Waals surface area contributed by atoms with Crippen LogP contribution >= 0.6 is 11.6 Å². The SMILES string of the molecule is O=C(c1ccccc1F)N1CCN(c2ccc(-c3ccc(Cl)cc3)nn2)CC1. The van der Waals surface area contributed by atoms with Crippen LogP contribution in [0.2, 0.25) is 5.02 Å². The first-order valence-electron chi connectivity index (χ1n) is 9.00. The molecule has 1 aromatic heterocycles. The highest BCUT2D eigenvalue weighted by Gasteiger charge is 2.24. The molecule has 0 spiro atoms. The molecule has 5 nitrogen and oxygen atoms in total. The van der Waals surface area contributed by atoms with Gasteiger partial charge in [0.2, 0.25) is 0 Å². The van der Waals surface area contributed by atoms with Crippen LogP contribution in [0.5, 0.6) is 0 Å². The van der Waals surface area contributed by atoms with Crippen molar-refractivity contribution in [2.24, 2.45) is 0 Å². The highest BCUT2D eigenvalue weighted by molar-refractivity contribution is 6.30. The Morgan fingerprint density at radius 2 is 1.61 bits per heavy atom. The van der Waals surface area contributed by atoms with Gasteiger partial charge < -0.3 is 9.80 Å². The van der Waals surface area contributed by atoms with Crippen molar-refractivity contribution < 1.29 is 9.18 Å². The third-order valence-electron chi connectivity index (χ3n) is 4.79. The third kappa shape index (κ3) is 3.82. The predicted molar refractivity (Wildman–Crippen MR) is 107 cm³/mol. The fraction of sp³-hybridized carbons (Fsp3) is 0.190. The van der Waals surface area contributed by atoms with E-state index < -0.39 is 5.82 Å². The summed E-state index contributed by atoms with van der Waals surface area (Å²) in [6, 6.07) is 17.4. The number of carbonyl (C=O) groups excluding carboxylic acids is 1. The van der Waals surface area contributed by atoms with Crippen LogP contribution in [0.1, 0.15) is 10.4 Å². The Labute approximate surface area is 167 Å². The van der Waals surface area contributed by atoms with Crippen LogP contribution in [0.3, 0.4) is 0 Å². The smallest absolute Gasteiger partial charge is 0.256 e. The number of hydrogen-bond acceptors (Lipinski definition) is 4. The maximum atomic E-state index is 13.9. The summed E-state index contributed by atoms with van der Waals surface area (Å²) in [5, 5.41) is 9.30. The molecule has 1 aliphatic heterocycles. The van der Waals surface area contributed by atoms with Gasteiger partial charge in [0.05, 0.1) is 11.3 Å². The number of piperazine rings is 1. The molecule has 1 amide bonds. The Bertz CT molecular complexity index is 970. The standard InChI is InChI=1S/C21H18ClFN4O/c22-16-7-5-15(6-8-16)19-9-10-20(25-24-19)26-11-13-27(14-12-26)21(28)17-3-1-2-4-18(17)23/h1-10H,11-14H2. The van der Waals surface area contributed by atoms with Gasteiger partial charge in [-0.2, -0.15) is 0 Å². The van der Waals surface area contributed by atoms with Crippen LogP contribution in [0.4, 0.5) is 10.2 Å². The number of aromatic nitrogens is 2. The minimum Gasteiger partial charge on any atom is -0.352 e. The predicted octanol–water partition coefficient (Wildman–Crippen LogP) is 3.90. The molecule has 0 unspecified atom stereocenters. The van der Waals surface area contributed by atoms with Crippen molar-refractivity contribution in [2.45, 2.75) is 0 Å². The molecule has 0 aliphatic carbocycles. The van der Waals surface area contributed by atoms with Gasteiger partial charge in [-0.3, -0.25) is 4.79 Å². The van der Waals surface area contributed by atoms with E-state index in [1.165, 1.54) is 12.1 Å². The topological polar surface area (TPSA) is 49.3 Å². The maximum Gasteiger partial charge on any atom is 0.256 e. The summed E-state index contributed by atoms with van der Waals surface area (Å²) < 4.78 is 13.9. The van der Waals surface area contributed by atoms with Crippen molar-refractivity contribution >= 4 is 23.3 Å². The highest BCUT2D eigenvalue weighted by Crippen LogP contribution is 2.21. The van der Waals surface area contributed by atoms with Crippen LogP contribution < -0.4 is 4.90 Å². The molecule has 0 saturated carbocycles. The second-order valence-corrected chi connectivity index (χ2v) is 6.98. The number of hydrogen-bond donors (Lipinski definition) is 0. The lowest BCUT2D eigenvalue weighted by Crippen LogP contribution is -2.49. The average Bonchev–Trinajstić information content (AvgIpc) is 2.74. The molecule has 2 heterocycles. The zero-order valence-electron chi connectivity index (χ0n) is 15.1. The van der Waals surface area contributed by atoms with Crippen molar-refractivity contribution in [1.29, 1.82) is 0 Å². The van der Waals surface area contributed by atoms with Crippen LogP contribution in [0, 0.1) is 5.82 Å². The number of halogens is 2. The summed E-state index contributed by atoms with van der Waals surface area (Å²) in [6.45, 7) is 2.26. The highest BCUT2D eigenvalue weighted by atomic mass is 35.5. The molecular formula is C21H18ClFN4O. The van der Waals surface area contributed by atoms with Crippen molar-refractivity contribution in [2.75, 3.05) is 31.1 Å². The van der Waals surface area contributed by atoms with E-state index in [9.17, 15) is 9.18 Å². The van der Waals surface area contributed by atoms with Gasteiger partial charge in [0.25, 0.3) is 5.91 Å². The molecule has 1 aliphatic rings. The van der Waals surface area contributed by atoms with Crippen LogP contribution in [-0.2, 0) is 0 Å². The Morgan fingerprint density at radius 3 is 2.25 bits per heavy atom. The lowest BCUT2D eigenvalue weighted by molar-refractivity contribution is 0.0742. The van der Waals surface area contributed by atoms with E-state index >= 15 is 0 Å². The first kappa shape index (κ1) is 18.4. The lowest BCUT2D eigenvalue weighted by Gasteiger charge is -2.35. The zero-order valence-corrected chi connectivity index (χ0v) is 15.8. The van der Waals surface area contributed by atoms with Crippen molar-refractivity contribution in [3.63, 3.8) is 0 Å². The molecule has 1 saturated heterocycles. The summed E-state index contributed by atoms with van der Waals surface area (Å²) >= 11 is 5.92. The zero-order chi connectivity index (χ0) is 19.5. The molecule has 0 atom stereocenters. The van der Waals surface area contributed by atoms with Gasteiger partial charge in [-0.25, -0.2) is 4.39 Å². The first-order chi connectivity index (χ1) is 13.6. The van der Waals surface area contributed by atoms with E-state index in [-0.39, 0.29) is 11.5 Å². The van der Waals surface area contributed by atoms with Crippen LogP contribution in [0.15, 0.2) is 60.7 Å². The summed E-state index contributed by atoms with van der Waals surface area (Å²) in [5.41, 5.74) is 1.83. The van der Waals surface area contributed by atoms with Gasteiger partial charge in [-0.1, -0.05) is 35.9 Å². The largest absolute Gasteiger partial charge is 0.352 e. The molecule has 2 aromatic carbocycles. The van der Waals surface area contributed by atoms with Gasteiger partial charge in [0.15, 0.2) is 5.82 Å². The molecule has 28 heavy (non-hydrogen) atoms. The first-order valence-corrected chi connectivity index (χ1v) is 9.38. The number of nitrogens with zero attached hydrogens (tertiary/aromatic N) is 4. The molecule has 7 heteroatoms. The number of amides is 1. The third-order valence-corrected chi connectivity index (χ3v) is 5.04. The number of benzene rings is 2. The second-order valence-electron chi connectivity index (χ2n) is 6.54. The Kier molecular flexibility index (Phi) is 5.21. The molecule has 1 fully saturated rings. The fourth-order valence-electron chi connectivity index (χ4n) is 3.21. The van der Waals surface area contributed by atoms with E-state index in [2.05, 4.69) is 15.1 Å². The van der Waals surface area contributed by atoms with Gasteiger partial charge in [-0.05, 0) is 36.4 Å². The van der Waals surface area contributed by atoms with Gasteiger partial charge in [0, 0.05) is 36.8 Å². The van der Waals surface area contributed by atoms with E-state index in [1.54, 1.807) is 17.0 Å². The molecule has 0 radical (unpaired) electrons. The quantitative estimate of drug-likeness (QED) is 0.673. The van der Waals surface area contributed by atoms with Crippen molar-refractivity contribution in [3.8, 4) is 11.3 Å². The summed E-state index contributed by atoms with van der Waals surface area (Å²) in [6.07, 6.45) is 0. The van der Waals surface area contributed by atoms with Crippen molar-refractivity contribution in [3.05, 3.63) is 77.1 Å². The molecule has 3 aromatic rings. The fourth-order valence-corrected chi connectivity index (χ4v) is 3.34. The van der Waals surface area contributed by atoms with Crippen molar-refractivity contribution in [1.82, 2.24) is 15.1 Å². The van der Waals surface area contributed by atoms with Gasteiger partial charge >= 0.3 is 0 Å². The lowest BCUT2D eigenvalue weighted by atomic mass is 10.1. The van der Waals surface area contributed by atoms with E-state index in [0.717, 1.165) is 17.1 Å². The second kappa shape index (κ2) is 7.94. The molecule has 0 N–H and O–H groups in total. The minimum absolute atomic E-state index is 0.114. The molecule has 142 valence electrons. The van der Waals surface area contributed by atoms with Crippen LogP contribution in [0.25, 0.3) is 11.3 Å². The molecule has 0 bridgehead atoms. The molecule has 4 rings (SSSR count). The Morgan fingerprint density at radius 1 is 0.893 bits per heavy atom. The maximum absolute atomic E-state index is 13.9. The van der Waals surface area contributed by atoms with E-state index in [4.69, 9.17) is 11.6 Å². The normalized spacial score (nSPS) is 14.2. The van der Waals surface area contributed by atoms with E-state index in [1.807, 2.05) is 36.4 Å². The number of carbonyl (C=O) groups is 1. The molecular weight excluding hydrogens is 379 g/mol. The number of rotatable bonds is 3. The average molecular weight is 397 g/mol. The van der Waals surface area contributed by atoms with E-state index in [0.29, 0.717) is 31.2 Å². The Balaban J connectivity index is 1.40. The summed E-state index contributed by atoms with van der Waals surface area (Å²) in [7, 11) is 0. The minimum atomic E-state index is -0.487.